The largest absolute Gasteiger partial charge is 0.389 e. The standard InChI is InChI=1S/C10H13Br2NO2/c1-15-6-8(14)5-13-10-3-2-7(11)4-9(10)12/h2-4,8,13-14H,5-6H2,1H3. The van der Waals surface area contributed by atoms with Gasteiger partial charge in [0.05, 0.1) is 12.7 Å². The van der Waals surface area contributed by atoms with E-state index in [2.05, 4.69) is 37.2 Å². The van der Waals surface area contributed by atoms with E-state index < -0.39 is 6.10 Å². The molecule has 1 unspecified atom stereocenters. The number of nitrogens with one attached hydrogen (secondary N) is 1. The molecule has 1 aromatic carbocycles. The molecule has 0 aliphatic heterocycles. The normalized spacial score (nSPS) is 12.5. The summed E-state index contributed by atoms with van der Waals surface area (Å²) in [6.07, 6.45) is -0.495. The molecule has 0 aliphatic rings. The third-order valence-corrected chi connectivity index (χ3v) is 2.97. The molecule has 0 saturated heterocycles. The minimum Gasteiger partial charge on any atom is -0.389 e. The maximum Gasteiger partial charge on any atom is 0.0945 e. The van der Waals surface area contributed by atoms with Gasteiger partial charge in [-0.25, -0.2) is 0 Å². The predicted octanol–water partition coefficient (Wildman–Crippen LogP) is 2.63. The molecule has 0 radical (unpaired) electrons. The molecule has 84 valence electrons. The van der Waals surface area contributed by atoms with Crippen molar-refractivity contribution in [3.8, 4) is 0 Å². The minimum absolute atomic E-state index is 0.334. The highest BCUT2D eigenvalue weighted by Gasteiger charge is 2.04. The first kappa shape index (κ1) is 13.0. The average molecular weight is 339 g/mol. The van der Waals surface area contributed by atoms with Gasteiger partial charge in [0.1, 0.15) is 0 Å². The van der Waals surface area contributed by atoms with Crippen LogP contribution in [-0.2, 0) is 4.74 Å². The van der Waals surface area contributed by atoms with Crippen LogP contribution in [0.5, 0.6) is 0 Å². The van der Waals surface area contributed by atoms with Crippen LogP contribution in [0.2, 0.25) is 0 Å². The van der Waals surface area contributed by atoms with Crippen LogP contribution >= 0.6 is 31.9 Å². The van der Waals surface area contributed by atoms with Gasteiger partial charge in [-0.1, -0.05) is 15.9 Å². The van der Waals surface area contributed by atoms with Crippen molar-refractivity contribution in [2.24, 2.45) is 0 Å². The number of benzene rings is 1. The van der Waals surface area contributed by atoms with Gasteiger partial charge in [-0.3, -0.25) is 0 Å². The smallest absolute Gasteiger partial charge is 0.0945 e. The van der Waals surface area contributed by atoms with Crippen LogP contribution in [0.1, 0.15) is 0 Å². The van der Waals surface area contributed by atoms with Gasteiger partial charge in [0, 0.05) is 28.3 Å². The van der Waals surface area contributed by atoms with Crippen molar-refractivity contribution in [3.05, 3.63) is 27.1 Å². The number of aliphatic hydroxyl groups is 1. The number of anilines is 1. The van der Waals surface area contributed by atoms with Crippen LogP contribution in [0.3, 0.4) is 0 Å². The first-order valence-electron chi connectivity index (χ1n) is 4.49. The predicted molar refractivity (Wildman–Crippen MR) is 68.2 cm³/mol. The van der Waals surface area contributed by atoms with Gasteiger partial charge in [0.2, 0.25) is 0 Å². The number of ether oxygens (including phenoxy) is 1. The molecule has 1 aromatic rings. The van der Waals surface area contributed by atoms with E-state index in [0.717, 1.165) is 14.6 Å². The van der Waals surface area contributed by atoms with Crippen LogP contribution in [0.15, 0.2) is 27.1 Å². The van der Waals surface area contributed by atoms with Crippen molar-refractivity contribution in [3.63, 3.8) is 0 Å². The second kappa shape index (κ2) is 6.48. The van der Waals surface area contributed by atoms with Crippen molar-refractivity contribution in [1.29, 1.82) is 0 Å². The van der Waals surface area contributed by atoms with Crippen molar-refractivity contribution in [1.82, 2.24) is 0 Å². The SMILES string of the molecule is COCC(O)CNc1ccc(Br)cc1Br. The number of methoxy groups -OCH3 is 1. The molecular weight excluding hydrogens is 326 g/mol. The second-order valence-electron chi connectivity index (χ2n) is 3.11. The third kappa shape index (κ3) is 4.51. The lowest BCUT2D eigenvalue weighted by atomic mass is 10.3. The fraction of sp³-hybridized carbons (Fsp3) is 0.400. The highest BCUT2D eigenvalue weighted by molar-refractivity contribution is 9.11. The number of halogens is 2. The maximum atomic E-state index is 9.44. The Morgan fingerprint density at radius 3 is 2.80 bits per heavy atom. The zero-order valence-electron chi connectivity index (χ0n) is 8.34. The number of rotatable bonds is 5. The van der Waals surface area contributed by atoms with Crippen LogP contribution < -0.4 is 5.32 Å². The Hall–Kier alpha value is -0.100. The molecule has 0 heterocycles. The van der Waals surface area contributed by atoms with E-state index in [1.165, 1.54) is 0 Å². The van der Waals surface area contributed by atoms with E-state index in [1.807, 2.05) is 18.2 Å². The zero-order valence-corrected chi connectivity index (χ0v) is 11.5. The second-order valence-corrected chi connectivity index (χ2v) is 4.88. The van der Waals surface area contributed by atoms with E-state index in [9.17, 15) is 5.11 Å². The van der Waals surface area contributed by atoms with Crippen molar-refractivity contribution < 1.29 is 9.84 Å². The Morgan fingerprint density at radius 1 is 1.47 bits per heavy atom. The first-order chi connectivity index (χ1) is 7.13. The highest BCUT2D eigenvalue weighted by atomic mass is 79.9. The summed E-state index contributed by atoms with van der Waals surface area (Å²) in [4.78, 5) is 0. The van der Waals surface area contributed by atoms with Gasteiger partial charge in [-0.2, -0.15) is 0 Å². The molecule has 0 bridgehead atoms. The third-order valence-electron chi connectivity index (χ3n) is 1.82. The molecule has 1 rings (SSSR count). The molecule has 5 heteroatoms. The average Bonchev–Trinajstić information content (AvgIpc) is 2.17. The first-order valence-corrected chi connectivity index (χ1v) is 6.08. The lowest BCUT2D eigenvalue weighted by Crippen LogP contribution is -2.24. The molecule has 0 spiro atoms. The number of hydrogen-bond donors (Lipinski definition) is 2. The summed E-state index contributed by atoms with van der Waals surface area (Å²) in [5, 5.41) is 12.6. The fourth-order valence-electron chi connectivity index (χ4n) is 1.11. The molecule has 0 fully saturated rings. The summed E-state index contributed by atoms with van der Waals surface area (Å²) in [5.41, 5.74) is 0.952. The lowest BCUT2D eigenvalue weighted by Gasteiger charge is -2.13. The van der Waals surface area contributed by atoms with Crippen molar-refractivity contribution >= 4 is 37.5 Å². The molecule has 15 heavy (non-hydrogen) atoms. The van der Waals surface area contributed by atoms with Gasteiger partial charge in [0.25, 0.3) is 0 Å². The monoisotopic (exact) mass is 337 g/mol. The summed E-state index contributed by atoms with van der Waals surface area (Å²) in [6.45, 7) is 0.801. The lowest BCUT2D eigenvalue weighted by molar-refractivity contribution is 0.0727. The maximum absolute atomic E-state index is 9.44. The highest BCUT2D eigenvalue weighted by Crippen LogP contribution is 2.25. The van der Waals surface area contributed by atoms with E-state index in [0.29, 0.717) is 13.2 Å². The Balaban J connectivity index is 2.50. The molecule has 1 atom stereocenters. The minimum atomic E-state index is -0.495. The van der Waals surface area contributed by atoms with Crippen LogP contribution in [-0.4, -0.2) is 31.5 Å². The molecule has 0 aromatic heterocycles. The topological polar surface area (TPSA) is 41.5 Å². The van der Waals surface area contributed by atoms with Gasteiger partial charge in [0.15, 0.2) is 0 Å². The summed E-state index contributed by atoms with van der Waals surface area (Å²) < 4.78 is 6.80. The molecular formula is C10H13Br2NO2. The van der Waals surface area contributed by atoms with E-state index in [4.69, 9.17) is 4.74 Å². The zero-order chi connectivity index (χ0) is 11.3. The van der Waals surface area contributed by atoms with Crippen LogP contribution in [0.4, 0.5) is 5.69 Å². The Labute approximate surface area is 106 Å². The van der Waals surface area contributed by atoms with Gasteiger partial charge in [-0.05, 0) is 34.1 Å². The van der Waals surface area contributed by atoms with E-state index in [-0.39, 0.29) is 0 Å². The fourth-order valence-corrected chi connectivity index (χ4v) is 2.30. The number of hydrogen-bond acceptors (Lipinski definition) is 3. The van der Waals surface area contributed by atoms with Crippen LogP contribution in [0.25, 0.3) is 0 Å². The van der Waals surface area contributed by atoms with Gasteiger partial charge >= 0.3 is 0 Å². The van der Waals surface area contributed by atoms with Crippen molar-refractivity contribution in [2.75, 3.05) is 25.6 Å². The van der Waals surface area contributed by atoms with Gasteiger partial charge in [-0.15, -0.1) is 0 Å². The Bertz CT molecular complexity index is 320. The van der Waals surface area contributed by atoms with Crippen LogP contribution in [0, 0.1) is 0 Å². The molecule has 0 aliphatic carbocycles. The molecule has 0 saturated carbocycles. The Kier molecular flexibility index (Phi) is 5.60. The summed E-state index contributed by atoms with van der Waals surface area (Å²) in [5.74, 6) is 0. The molecule has 3 nitrogen and oxygen atoms in total. The summed E-state index contributed by atoms with van der Waals surface area (Å²) >= 11 is 6.80. The van der Waals surface area contributed by atoms with Crippen molar-refractivity contribution in [2.45, 2.75) is 6.10 Å². The Morgan fingerprint density at radius 2 is 2.20 bits per heavy atom. The quantitative estimate of drug-likeness (QED) is 0.867. The van der Waals surface area contributed by atoms with Gasteiger partial charge < -0.3 is 15.2 Å². The molecule has 0 amide bonds. The van der Waals surface area contributed by atoms with E-state index in [1.54, 1.807) is 7.11 Å². The summed E-state index contributed by atoms with van der Waals surface area (Å²) in [7, 11) is 1.57. The van der Waals surface area contributed by atoms with E-state index >= 15 is 0 Å². The molecule has 2 N–H and O–H groups in total. The number of aliphatic hydroxyl groups excluding tert-OH is 1. The summed E-state index contributed by atoms with van der Waals surface area (Å²) in [6, 6.07) is 5.83.